The van der Waals surface area contributed by atoms with Gasteiger partial charge in [0.2, 0.25) is 0 Å². The van der Waals surface area contributed by atoms with Crippen LogP contribution in [0.15, 0.2) is 23.1 Å². The van der Waals surface area contributed by atoms with Gasteiger partial charge in [-0.05, 0) is 29.0 Å². The standard InChI is InChI=1S/C11H14BrN5O/c1-13-9(10-11(12)15-16-17(10)2)7-4-5-14-6-8(7)18-3/h4-6,9,13H,1-3H3. The predicted molar refractivity (Wildman–Crippen MR) is 70.4 cm³/mol. The van der Waals surface area contributed by atoms with E-state index in [-0.39, 0.29) is 6.04 Å². The van der Waals surface area contributed by atoms with Crippen molar-refractivity contribution in [1.29, 1.82) is 0 Å². The van der Waals surface area contributed by atoms with E-state index < -0.39 is 0 Å². The lowest BCUT2D eigenvalue weighted by molar-refractivity contribution is 0.402. The van der Waals surface area contributed by atoms with E-state index in [9.17, 15) is 0 Å². The molecule has 1 N–H and O–H groups in total. The average molecular weight is 312 g/mol. The van der Waals surface area contributed by atoms with E-state index in [4.69, 9.17) is 4.74 Å². The normalized spacial score (nSPS) is 12.4. The van der Waals surface area contributed by atoms with Crippen molar-refractivity contribution in [2.75, 3.05) is 14.2 Å². The number of ether oxygens (including phenoxy) is 1. The summed E-state index contributed by atoms with van der Waals surface area (Å²) in [6.45, 7) is 0. The van der Waals surface area contributed by atoms with Gasteiger partial charge >= 0.3 is 0 Å². The van der Waals surface area contributed by atoms with Crippen molar-refractivity contribution in [1.82, 2.24) is 25.3 Å². The third-order valence-corrected chi connectivity index (χ3v) is 3.30. The topological polar surface area (TPSA) is 64.9 Å². The second-order valence-electron chi connectivity index (χ2n) is 3.73. The third-order valence-electron chi connectivity index (χ3n) is 2.74. The molecular formula is C11H14BrN5O. The molecule has 0 aromatic carbocycles. The fourth-order valence-corrected chi connectivity index (χ4v) is 2.44. The van der Waals surface area contributed by atoms with Crippen molar-refractivity contribution in [3.63, 3.8) is 0 Å². The number of aromatic nitrogens is 4. The second-order valence-corrected chi connectivity index (χ2v) is 4.48. The van der Waals surface area contributed by atoms with Crippen molar-refractivity contribution in [2.45, 2.75) is 6.04 Å². The van der Waals surface area contributed by atoms with Crippen LogP contribution in [0.3, 0.4) is 0 Å². The molecule has 2 rings (SSSR count). The van der Waals surface area contributed by atoms with E-state index in [1.807, 2.05) is 20.2 Å². The van der Waals surface area contributed by atoms with Gasteiger partial charge in [-0.1, -0.05) is 5.21 Å². The molecule has 0 aliphatic heterocycles. The highest BCUT2D eigenvalue weighted by Crippen LogP contribution is 2.31. The second kappa shape index (κ2) is 5.45. The van der Waals surface area contributed by atoms with Crippen LogP contribution in [-0.4, -0.2) is 34.1 Å². The highest BCUT2D eigenvalue weighted by Gasteiger charge is 2.23. The number of nitrogens with one attached hydrogen (secondary N) is 1. The fourth-order valence-electron chi connectivity index (χ4n) is 1.88. The summed E-state index contributed by atoms with van der Waals surface area (Å²) >= 11 is 3.41. The highest BCUT2D eigenvalue weighted by molar-refractivity contribution is 9.10. The molecule has 6 nitrogen and oxygen atoms in total. The van der Waals surface area contributed by atoms with Crippen molar-refractivity contribution < 1.29 is 4.74 Å². The molecule has 1 atom stereocenters. The molecule has 0 spiro atoms. The van der Waals surface area contributed by atoms with Crippen LogP contribution in [0.4, 0.5) is 0 Å². The molecule has 2 aromatic heterocycles. The summed E-state index contributed by atoms with van der Waals surface area (Å²) in [5.41, 5.74) is 1.92. The SMILES string of the molecule is CNC(c1ccncc1OC)c1c(Br)nnn1C. The first-order valence-electron chi connectivity index (χ1n) is 5.39. The third kappa shape index (κ3) is 2.23. The summed E-state index contributed by atoms with van der Waals surface area (Å²) in [6, 6.07) is 1.84. The van der Waals surface area contributed by atoms with Crippen LogP contribution < -0.4 is 10.1 Å². The fraction of sp³-hybridized carbons (Fsp3) is 0.364. The molecule has 7 heteroatoms. The van der Waals surface area contributed by atoms with Crippen molar-refractivity contribution in [3.05, 3.63) is 34.3 Å². The minimum absolute atomic E-state index is 0.0719. The number of nitrogens with zero attached hydrogens (tertiary/aromatic N) is 4. The highest BCUT2D eigenvalue weighted by atomic mass is 79.9. The monoisotopic (exact) mass is 311 g/mol. The van der Waals surface area contributed by atoms with Crippen LogP contribution in [0.2, 0.25) is 0 Å². The molecule has 2 aromatic rings. The Bertz CT molecular complexity index is 522. The van der Waals surface area contributed by atoms with Gasteiger partial charge in [-0.3, -0.25) is 4.98 Å². The maximum absolute atomic E-state index is 5.34. The van der Waals surface area contributed by atoms with E-state index in [0.717, 1.165) is 17.0 Å². The smallest absolute Gasteiger partial charge is 0.153 e. The van der Waals surface area contributed by atoms with E-state index in [2.05, 4.69) is 36.5 Å². The number of hydrogen-bond donors (Lipinski definition) is 1. The quantitative estimate of drug-likeness (QED) is 0.921. The Balaban J connectivity index is 2.52. The van der Waals surface area contributed by atoms with Crippen LogP contribution in [0.1, 0.15) is 17.3 Å². The lowest BCUT2D eigenvalue weighted by atomic mass is 10.0. The number of pyridine rings is 1. The van der Waals surface area contributed by atoms with E-state index in [0.29, 0.717) is 4.60 Å². The molecule has 0 aliphatic carbocycles. The molecule has 0 aliphatic rings. The zero-order valence-electron chi connectivity index (χ0n) is 10.4. The Hall–Kier alpha value is -1.47. The Morgan fingerprint density at radius 3 is 2.83 bits per heavy atom. The molecule has 0 saturated heterocycles. The van der Waals surface area contributed by atoms with Gasteiger partial charge in [-0.25, -0.2) is 4.68 Å². The summed E-state index contributed by atoms with van der Waals surface area (Å²) in [7, 11) is 5.36. The van der Waals surface area contributed by atoms with Gasteiger partial charge < -0.3 is 10.1 Å². The summed E-state index contributed by atoms with van der Waals surface area (Å²) in [6.07, 6.45) is 3.43. The zero-order valence-corrected chi connectivity index (χ0v) is 12.0. The van der Waals surface area contributed by atoms with Crippen LogP contribution in [0.25, 0.3) is 0 Å². The molecule has 0 amide bonds. The minimum Gasteiger partial charge on any atom is -0.495 e. The zero-order chi connectivity index (χ0) is 13.1. The van der Waals surface area contributed by atoms with Crippen molar-refractivity contribution in [2.24, 2.45) is 7.05 Å². The van der Waals surface area contributed by atoms with E-state index >= 15 is 0 Å². The van der Waals surface area contributed by atoms with E-state index in [1.165, 1.54) is 0 Å². The predicted octanol–water partition coefficient (Wildman–Crippen LogP) is 1.29. The molecule has 96 valence electrons. The minimum atomic E-state index is -0.0719. The molecule has 1 unspecified atom stereocenters. The first-order valence-corrected chi connectivity index (χ1v) is 6.18. The molecule has 18 heavy (non-hydrogen) atoms. The van der Waals surface area contributed by atoms with Gasteiger partial charge in [0.05, 0.1) is 25.0 Å². The molecule has 2 heterocycles. The lowest BCUT2D eigenvalue weighted by Gasteiger charge is -2.19. The van der Waals surface area contributed by atoms with Crippen LogP contribution in [0.5, 0.6) is 5.75 Å². The largest absolute Gasteiger partial charge is 0.495 e. The summed E-state index contributed by atoms with van der Waals surface area (Å²) < 4.78 is 7.78. The number of methoxy groups -OCH3 is 1. The van der Waals surface area contributed by atoms with Crippen molar-refractivity contribution in [3.8, 4) is 5.75 Å². The Labute approximate surface area is 113 Å². The molecule has 0 radical (unpaired) electrons. The Kier molecular flexibility index (Phi) is 3.93. The van der Waals surface area contributed by atoms with Gasteiger partial charge in [0.25, 0.3) is 0 Å². The maximum Gasteiger partial charge on any atom is 0.153 e. The first kappa shape index (κ1) is 13.0. The Morgan fingerprint density at radius 1 is 1.50 bits per heavy atom. The Morgan fingerprint density at radius 2 is 2.28 bits per heavy atom. The van der Waals surface area contributed by atoms with Crippen LogP contribution >= 0.6 is 15.9 Å². The van der Waals surface area contributed by atoms with Gasteiger partial charge in [0.1, 0.15) is 5.75 Å². The van der Waals surface area contributed by atoms with Crippen LogP contribution in [-0.2, 0) is 7.05 Å². The molecule has 0 saturated carbocycles. The first-order chi connectivity index (χ1) is 8.69. The number of aryl methyl sites for hydroxylation is 1. The van der Waals surface area contributed by atoms with Gasteiger partial charge in [-0.2, -0.15) is 0 Å². The van der Waals surface area contributed by atoms with Gasteiger partial charge in [-0.15, -0.1) is 5.10 Å². The maximum atomic E-state index is 5.34. The van der Waals surface area contributed by atoms with E-state index in [1.54, 1.807) is 24.2 Å². The lowest BCUT2D eigenvalue weighted by Crippen LogP contribution is -2.21. The van der Waals surface area contributed by atoms with Gasteiger partial charge in [0, 0.05) is 18.8 Å². The molecule has 0 fully saturated rings. The molecule has 0 bridgehead atoms. The molecular weight excluding hydrogens is 298 g/mol. The number of rotatable bonds is 4. The van der Waals surface area contributed by atoms with Crippen molar-refractivity contribution >= 4 is 15.9 Å². The van der Waals surface area contributed by atoms with Gasteiger partial charge in [0.15, 0.2) is 4.60 Å². The summed E-state index contributed by atoms with van der Waals surface area (Å²) in [4.78, 5) is 4.06. The number of hydrogen-bond acceptors (Lipinski definition) is 5. The summed E-state index contributed by atoms with van der Waals surface area (Å²) in [5.74, 6) is 0.727. The average Bonchev–Trinajstić information content (AvgIpc) is 2.72. The number of halogens is 1. The van der Waals surface area contributed by atoms with Crippen LogP contribution in [0, 0.1) is 0 Å². The summed E-state index contributed by atoms with van der Waals surface area (Å²) in [5, 5.41) is 11.2.